The van der Waals surface area contributed by atoms with E-state index in [9.17, 15) is 4.79 Å². The molecule has 1 heterocycles. The van der Waals surface area contributed by atoms with Crippen molar-refractivity contribution < 1.29 is 4.74 Å². The number of tetrazole rings is 1. The Bertz CT molecular complexity index is 884. The molecular formula is C16H15BrN4O2. The Morgan fingerprint density at radius 1 is 1.13 bits per heavy atom. The van der Waals surface area contributed by atoms with E-state index in [0.717, 1.165) is 15.6 Å². The molecule has 118 valence electrons. The van der Waals surface area contributed by atoms with Gasteiger partial charge < -0.3 is 4.74 Å². The van der Waals surface area contributed by atoms with Crippen molar-refractivity contribution in [2.75, 3.05) is 0 Å². The van der Waals surface area contributed by atoms with Gasteiger partial charge in [0.25, 0.3) is 0 Å². The summed E-state index contributed by atoms with van der Waals surface area (Å²) in [6, 6.07) is 13.5. The van der Waals surface area contributed by atoms with Gasteiger partial charge >= 0.3 is 5.69 Å². The van der Waals surface area contributed by atoms with Crippen molar-refractivity contribution in [2.24, 2.45) is 7.05 Å². The first-order valence-corrected chi connectivity index (χ1v) is 7.82. The molecule has 3 aromatic rings. The van der Waals surface area contributed by atoms with Crippen molar-refractivity contribution in [1.82, 2.24) is 19.8 Å². The van der Waals surface area contributed by atoms with E-state index < -0.39 is 0 Å². The fraction of sp³-hybridized carbons (Fsp3) is 0.188. The zero-order valence-electron chi connectivity index (χ0n) is 12.7. The van der Waals surface area contributed by atoms with Gasteiger partial charge in [-0.2, -0.15) is 9.36 Å². The average molecular weight is 375 g/mol. The highest BCUT2D eigenvalue weighted by molar-refractivity contribution is 9.10. The van der Waals surface area contributed by atoms with E-state index in [1.807, 2.05) is 43.3 Å². The second-order valence-corrected chi connectivity index (χ2v) is 6.05. The van der Waals surface area contributed by atoms with Gasteiger partial charge in [-0.05, 0) is 46.7 Å². The van der Waals surface area contributed by atoms with Gasteiger partial charge in [0.15, 0.2) is 0 Å². The van der Waals surface area contributed by atoms with Gasteiger partial charge in [0.05, 0.1) is 0 Å². The molecule has 0 spiro atoms. The molecule has 0 bridgehead atoms. The third-order valence-corrected chi connectivity index (χ3v) is 3.97. The molecule has 1 aromatic heterocycles. The van der Waals surface area contributed by atoms with Gasteiger partial charge in [0, 0.05) is 11.5 Å². The summed E-state index contributed by atoms with van der Waals surface area (Å²) < 4.78 is 9.40. The Hall–Kier alpha value is -2.41. The van der Waals surface area contributed by atoms with Crippen LogP contribution in [0.5, 0.6) is 5.75 Å². The number of ether oxygens (including phenoxy) is 1. The maximum atomic E-state index is 12.1. The molecule has 0 aliphatic heterocycles. The lowest BCUT2D eigenvalue weighted by atomic mass is 10.2. The van der Waals surface area contributed by atoms with Crippen LogP contribution < -0.4 is 10.4 Å². The Kier molecular flexibility index (Phi) is 4.29. The maximum Gasteiger partial charge on any atom is 0.368 e. The normalized spacial score (nSPS) is 10.7. The molecular weight excluding hydrogens is 360 g/mol. The lowest BCUT2D eigenvalue weighted by Crippen LogP contribution is -2.22. The smallest absolute Gasteiger partial charge is 0.368 e. The zero-order chi connectivity index (χ0) is 16.4. The van der Waals surface area contributed by atoms with E-state index in [2.05, 4.69) is 26.4 Å². The fourth-order valence-corrected chi connectivity index (χ4v) is 2.46. The Balaban J connectivity index is 1.94. The number of para-hydroxylation sites is 1. The molecule has 0 N–H and O–H groups in total. The Morgan fingerprint density at radius 2 is 1.87 bits per heavy atom. The third kappa shape index (κ3) is 3.19. The number of nitrogens with zero attached hydrogens (tertiary/aromatic N) is 4. The molecule has 0 aliphatic rings. The lowest BCUT2D eigenvalue weighted by molar-refractivity contribution is 0.302. The van der Waals surface area contributed by atoms with Crippen LogP contribution in [0.25, 0.3) is 5.69 Å². The standard InChI is InChI=1S/C16H15BrN4O2/c1-11-4-3-5-14(21-16(22)20(2)18-19-21)15(11)23-10-12-6-8-13(17)9-7-12/h3-9H,10H2,1-2H3. The number of hydrogen-bond donors (Lipinski definition) is 0. The molecule has 7 heteroatoms. The van der Waals surface area contributed by atoms with Crippen LogP contribution in [-0.2, 0) is 13.7 Å². The van der Waals surface area contributed by atoms with E-state index in [-0.39, 0.29) is 5.69 Å². The fourth-order valence-electron chi connectivity index (χ4n) is 2.19. The van der Waals surface area contributed by atoms with E-state index in [0.29, 0.717) is 18.0 Å². The van der Waals surface area contributed by atoms with E-state index in [4.69, 9.17) is 4.74 Å². The Morgan fingerprint density at radius 3 is 2.52 bits per heavy atom. The Labute approximate surface area is 141 Å². The van der Waals surface area contributed by atoms with Crippen LogP contribution in [0, 0.1) is 6.92 Å². The first kappa shape index (κ1) is 15.5. The highest BCUT2D eigenvalue weighted by Crippen LogP contribution is 2.26. The summed E-state index contributed by atoms with van der Waals surface area (Å²) in [5.74, 6) is 0.623. The molecule has 23 heavy (non-hydrogen) atoms. The zero-order valence-corrected chi connectivity index (χ0v) is 14.3. The molecule has 0 saturated carbocycles. The molecule has 3 rings (SSSR count). The average Bonchev–Trinajstić information content (AvgIpc) is 2.87. The highest BCUT2D eigenvalue weighted by Gasteiger charge is 2.14. The summed E-state index contributed by atoms with van der Waals surface area (Å²) in [5, 5.41) is 7.63. The van der Waals surface area contributed by atoms with Gasteiger partial charge in [-0.15, -0.1) is 0 Å². The summed E-state index contributed by atoms with van der Waals surface area (Å²) in [6.45, 7) is 2.34. The molecule has 0 unspecified atom stereocenters. The van der Waals surface area contributed by atoms with Gasteiger partial charge in [0.2, 0.25) is 0 Å². The summed E-state index contributed by atoms with van der Waals surface area (Å²) in [7, 11) is 1.56. The first-order chi connectivity index (χ1) is 11.1. The van der Waals surface area contributed by atoms with Gasteiger partial charge in [-0.3, -0.25) is 0 Å². The minimum absolute atomic E-state index is 0.316. The number of halogens is 1. The number of aromatic nitrogens is 4. The summed E-state index contributed by atoms with van der Waals surface area (Å²) in [6.07, 6.45) is 0. The number of hydrogen-bond acceptors (Lipinski definition) is 4. The highest BCUT2D eigenvalue weighted by atomic mass is 79.9. The molecule has 0 fully saturated rings. The van der Waals surface area contributed by atoms with Crippen molar-refractivity contribution in [3.8, 4) is 11.4 Å². The monoisotopic (exact) mass is 374 g/mol. The molecule has 0 atom stereocenters. The van der Waals surface area contributed by atoms with E-state index in [1.165, 1.54) is 9.36 Å². The largest absolute Gasteiger partial charge is 0.486 e. The number of benzene rings is 2. The number of rotatable bonds is 4. The van der Waals surface area contributed by atoms with Crippen molar-refractivity contribution in [2.45, 2.75) is 13.5 Å². The molecule has 0 saturated heterocycles. The molecule has 0 amide bonds. The second-order valence-electron chi connectivity index (χ2n) is 5.14. The second kappa shape index (κ2) is 6.37. The lowest BCUT2D eigenvalue weighted by Gasteiger charge is -2.13. The van der Waals surface area contributed by atoms with Crippen LogP contribution in [0.2, 0.25) is 0 Å². The van der Waals surface area contributed by atoms with Crippen LogP contribution >= 0.6 is 15.9 Å². The van der Waals surface area contributed by atoms with Crippen LogP contribution in [-0.4, -0.2) is 19.8 Å². The van der Waals surface area contributed by atoms with Crippen LogP contribution in [0.1, 0.15) is 11.1 Å². The van der Waals surface area contributed by atoms with Crippen molar-refractivity contribution >= 4 is 15.9 Å². The van der Waals surface area contributed by atoms with Crippen LogP contribution in [0.15, 0.2) is 51.7 Å². The van der Waals surface area contributed by atoms with Gasteiger partial charge in [0.1, 0.15) is 18.0 Å². The molecule has 2 aromatic carbocycles. The predicted octanol–water partition coefficient (Wildman–Crippen LogP) is 2.62. The summed E-state index contributed by atoms with van der Waals surface area (Å²) >= 11 is 3.41. The summed E-state index contributed by atoms with van der Waals surface area (Å²) in [5.41, 5.74) is 2.23. The van der Waals surface area contributed by atoms with E-state index >= 15 is 0 Å². The van der Waals surface area contributed by atoms with Crippen LogP contribution in [0.4, 0.5) is 0 Å². The third-order valence-electron chi connectivity index (χ3n) is 3.44. The molecule has 6 nitrogen and oxygen atoms in total. The van der Waals surface area contributed by atoms with Crippen molar-refractivity contribution in [3.05, 3.63) is 68.5 Å². The summed E-state index contributed by atoms with van der Waals surface area (Å²) in [4.78, 5) is 12.1. The van der Waals surface area contributed by atoms with Crippen LogP contribution in [0.3, 0.4) is 0 Å². The quantitative estimate of drug-likeness (QED) is 0.704. The van der Waals surface area contributed by atoms with Crippen molar-refractivity contribution in [3.63, 3.8) is 0 Å². The minimum Gasteiger partial charge on any atom is -0.486 e. The van der Waals surface area contributed by atoms with Gasteiger partial charge in [-0.1, -0.05) is 40.2 Å². The molecule has 0 aliphatic carbocycles. The van der Waals surface area contributed by atoms with E-state index in [1.54, 1.807) is 13.1 Å². The molecule has 0 radical (unpaired) electrons. The van der Waals surface area contributed by atoms with Gasteiger partial charge in [-0.25, -0.2) is 4.79 Å². The minimum atomic E-state index is -0.316. The topological polar surface area (TPSA) is 61.9 Å². The van der Waals surface area contributed by atoms with Crippen molar-refractivity contribution in [1.29, 1.82) is 0 Å². The first-order valence-electron chi connectivity index (χ1n) is 7.02. The maximum absolute atomic E-state index is 12.1. The SMILES string of the molecule is Cc1cccc(-n2nnn(C)c2=O)c1OCc1ccc(Br)cc1. The predicted molar refractivity (Wildman–Crippen MR) is 89.8 cm³/mol. The number of aryl methyl sites for hydroxylation is 2.